The van der Waals surface area contributed by atoms with Crippen molar-refractivity contribution in [2.45, 2.75) is 0 Å². The van der Waals surface area contributed by atoms with Crippen LogP contribution >= 0.6 is 11.6 Å². The molecule has 0 amide bonds. The van der Waals surface area contributed by atoms with Crippen LogP contribution < -0.4 is 5.73 Å². The van der Waals surface area contributed by atoms with Crippen LogP contribution in [-0.2, 0) is 0 Å². The van der Waals surface area contributed by atoms with Crippen LogP contribution in [0.25, 0.3) is 5.52 Å². The van der Waals surface area contributed by atoms with E-state index in [4.69, 9.17) is 22.7 Å². The number of amidine groups is 1. The third-order valence-electron chi connectivity index (χ3n) is 1.80. The van der Waals surface area contributed by atoms with Gasteiger partial charge in [-0.3, -0.25) is 9.81 Å². The van der Waals surface area contributed by atoms with Crippen LogP contribution in [0, 0.1) is 5.41 Å². The maximum atomic E-state index is 7.31. The Balaban J connectivity index is 2.84. The second-order valence-corrected chi connectivity index (χ2v) is 2.97. The topological polar surface area (TPSA) is 67.2 Å². The molecule has 0 atom stereocenters. The lowest BCUT2D eigenvalue weighted by atomic mass is 10.3. The van der Waals surface area contributed by atoms with Crippen LogP contribution in [0.5, 0.6) is 0 Å². The number of halogens is 1. The lowest BCUT2D eigenvalue weighted by Gasteiger charge is -2.01. The van der Waals surface area contributed by atoms with Gasteiger partial charge >= 0.3 is 0 Å². The first-order chi connectivity index (χ1) is 6.20. The molecule has 2 aromatic rings. The number of nitrogens with one attached hydrogen (secondary N) is 1. The Hall–Kier alpha value is -1.55. The van der Waals surface area contributed by atoms with Gasteiger partial charge in [-0.05, 0) is 12.1 Å². The van der Waals surface area contributed by atoms with Gasteiger partial charge < -0.3 is 5.73 Å². The molecular formula is C8H7ClN4. The van der Waals surface area contributed by atoms with Gasteiger partial charge in [0.05, 0.1) is 11.2 Å². The van der Waals surface area contributed by atoms with Gasteiger partial charge in [0.25, 0.3) is 0 Å². The number of aromatic nitrogens is 2. The van der Waals surface area contributed by atoms with E-state index >= 15 is 0 Å². The van der Waals surface area contributed by atoms with Crippen molar-refractivity contribution in [3.8, 4) is 0 Å². The molecule has 0 aromatic carbocycles. The van der Waals surface area contributed by atoms with Crippen molar-refractivity contribution >= 4 is 23.0 Å². The molecule has 2 heterocycles. The van der Waals surface area contributed by atoms with E-state index in [0.717, 1.165) is 5.52 Å². The van der Waals surface area contributed by atoms with E-state index in [1.165, 1.54) is 0 Å². The highest BCUT2D eigenvalue weighted by atomic mass is 35.5. The van der Waals surface area contributed by atoms with Crippen molar-refractivity contribution in [3.63, 3.8) is 0 Å². The summed E-state index contributed by atoms with van der Waals surface area (Å²) in [7, 11) is 0. The summed E-state index contributed by atoms with van der Waals surface area (Å²) < 4.78 is 1.69. The molecule has 0 aliphatic rings. The first kappa shape index (κ1) is 8.07. The Bertz CT molecular complexity index is 474. The summed E-state index contributed by atoms with van der Waals surface area (Å²) in [5.74, 6) is -0.000309. The molecule has 5 heteroatoms. The summed E-state index contributed by atoms with van der Waals surface area (Å²) >= 11 is 5.81. The van der Waals surface area contributed by atoms with Gasteiger partial charge in [0.2, 0.25) is 0 Å². The molecule has 4 nitrogen and oxygen atoms in total. The van der Waals surface area contributed by atoms with Crippen molar-refractivity contribution in [1.29, 1.82) is 5.41 Å². The Morgan fingerprint density at radius 1 is 1.54 bits per heavy atom. The molecule has 13 heavy (non-hydrogen) atoms. The Kier molecular flexibility index (Phi) is 1.70. The standard InChI is InChI=1S/C8H7ClN4/c9-7-5-2-1-3-6(8(10)11)13(5)4-12-7/h1-4H,(H3,10,11). The fraction of sp³-hybridized carbons (Fsp3) is 0. The molecule has 0 aliphatic carbocycles. The third kappa shape index (κ3) is 1.15. The molecule has 66 valence electrons. The number of nitrogen functional groups attached to an aromatic ring is 1. The molecule has 0 bridgehead atoms. The maximum absolute atomic E-state index is 7.31. The van der Waals surface area contributed by atoms with Crippen LogP contribution in [0.2, 0.25) is 5.15 Å². The molecule has 0 saturated heterocycles. The van der Waals surface area contributed by atoms with Crippen molar-refractivity contribution in [1.82, 2.24) is 9.38 Å². The van der Waals surface area contributed by atoms with E-state index in [9.17, 15) is 0 Å². The largest absolute Gasteiger partial charge is 0.382 e. The van der Waals surface area contributed by atoms with Crippen LogP contribution in [0.4, 0.5) is 0 Å². The molecule has 3 N–H and O–H groups in total. The van der Waals surface area contributed by atoms with Crippen molar-refractivity contribution < 1.29 is 0 Å². The highest BCUT2D eigenvalue weighted by molar-refractivity contribution is 6.32. The minimum Gasteiger partial charge on any atom is -0.382 e. The number of nitrogens with two attached hydrogens (primary N) is 1. The van der Waals surface area contributed by atoms with Gasteiger partial charge in [-0.1, -0.05) is 17.7 Å². The number of fused-ring (bicyclic) bond motifs is 1. The first-order valence-electron chi connectivity index (χ1n) is 3.66. The summed E-state index contributed by atoms with van der Waals surface area (Å²) in [5, 5.41) is 7.73. The SMILES string of the molecule is N=C(N)c1cccc2c(Cl)ncn12. The number of nitrogens with zero attached hydrogens (tertiary/aromatic N) is 2. The van der Waals surface area contributed by atoms with Crippen LogP contribution in [0.3, 0.4) is 0 Å². The summed E-state index contributed by atoms with van der Waals surface area (Å²) in [6.07, 6.45) is 1.55. The minimum absolute atomic E-state index is 0.000309. The van der Waals surface area contributed by atoms with Gasteiger partial charge in [-0.15, -0.1) is 0 Å². The smallest absolute Gasteiger partial charge is 0.154 e. The Morgan fingerprint density at radius 2 is 2.31 bits per heavy atom. The lowest BCUT2D eigenvalue weighted by Crippen LogP contribution is -2.14. The molecule has 0 saturated carbocycles. The molecule has 0 radical (unpaired) electrons. The monoisotopic (exact) mass is 194 g/mol. The Labute approximate surface area is 79.5 Å². The molecule has 2 rings (SSSR count). The summed E-state index contributed by atoms with van der Waals surface area (Å²) in [6, 6.07) is 5.36. The van der Waals surface area contributed by atoms with Gasteiger partial charge in [-0.2, -0.15) is 0 Å². The molecule has 2 aromatic heterocycles. The normalized spacial score (nSPS) is 10.5. The van der Waals surface area contributed by atoms with E-state index in [-0.39, 0.29) is 5.84 Å². The van der Waals surface area contributed by atoms with E-state index < -0.39 is 0 Å². The second kappa shape index (κ2) is 2.74. The first-order valence-corrected chi connectivity index (χ1v) is 4.04. The van der Waals surface area contributed by atoms with E-state index in [2.05, 4.69) is 4.98 Å². The van der Waals surface area contributed by atoms with Crippen LogP contribution in [0.15, 0.2) is 24.5 Å². The number of imidazole rings is 1. The molecular weight excluding hydrogens is 188 g/mol. The lowest BCUT2D eigenvalue weighted by molar-refractivity contribution is 1.12. The average molecular weight is 195 g/mol. The fourth-order valence-electron chi connectivity index (χ4n) is 1.21. The van der Waals surface area contributed by atoms with Crippen molar-refractivity contribution in [3.05, 3.63) is 35.4 Å². The number of hydrogen-bond acceptors (Lipinski definition) is 2. The van der Waals surface area contributed by atoms with Crippen LogP contribution in [0.1, 0.15) is 5.69 Å². The quantitative estimate of drug-likeness (QED) is 0.530. The molecule has 0 fully saturated rings. The zero-order chi connectivity index (χ0) is 9.42. The Morgan fingerprint density at radius 3 is 3.00 bits per heavy atom. The minimum atomic E-state index is -0.000309. The van der Waals surface area contributed by atoms with Crippen molar-refractivity contribution in [2.24, 2.45) is 5.73 Å². The highest BCUT2D eigenvalue weighted by Gasteiger charge is 2.05. The van der Waals surface area contributed by atoms with E-state index in [1.807, 2.05) is 6.07 Å². The van der Waals surface area contributed by atoms with Gasteiger partial charge in [0.1, 0.15) is 12.2 Å². The van der Waals surface area contributed by atoms with Gasteiger partial charge in [-0.25, -0.2) is 4.98 Å². The summed E-state index contributed by atoms with van der Waals surface area (Å²) in [6.45, 7) is 0. The second-order valence-electron chi connectivity index (χ2n) is 2.62. The summed E-state index contributed by atoms with van der Waals surface area (Å²) in [5.41, 5.74) is 6.73. The molecule has 0 unspecified atom stereocenters. The maximum Gasteiger partial charge on any atom is 0.154 e. The molecule has 0 aliphatic heterocycles. The number of pyridine rings is 1. The number of hydrogen-bond donors (Lipinski definition) is 2. The van der Waals surface area contributed by atoms with Gasteiger partial charge in [0.15, 0.2) is 5.15 Å². The zero-order valence-electron chi connectivity index (χ0n) is 6.66. The highest BCUT2D eigenvalue weighted by Crippen LogP contribution is 2.16. The fourth-order valence-corrected chi connectivity index (χ4v) is 1.41. The third-order valence-corrected chi connectivity index (χ3v) is 2.09. The number of rotatable bonds is 1. The van der Waals surface area contributed by atoms with Gasteiger partial charge in [0, 0.05) is 0 Å². The zero-order valence-corrected chi connectivity index (χ0v) is 7.42. The average Bonchev–Trinajstić information content (AvgIpc) is 2.48. The summed E-state index contributed by atoms with van der Waals surface area (Å²) in [4.78, 5) is 3.91. The van der Waals surface area contributed by atoms with Crippen molar-refractivity contribution in [2.75, 3.05) is 0 Å². The van der Waals surface area contributed by atoms with E-state index in [0.29, 0.717) is 10.8 Å². The van der Waals surface area contributed by atoms with E-state index in [1.54, 1.807) is 22.9 Å². The predicted molar refractivity (Wildman–Crippen MR) is 51.2 cm³/mol. The molecule has 0 spiro atoms. The predicted octanol–water partition coefficient (Wildman–Crippen LogP) is 1.27. The van der Waals surface area contributed by atoms with Crippen LogP contribution in [-0.4, -0.2) is 15.2 Å².